The third-order valence-corrected chi connectivity index (χ3v) is 3.59. The highest BCUT2D eigenvalue weighted by Gasteiger charge is 2.25. The van der Waals surface area contributed by atoms with E-state index in [9.17, 15) is 0 Å². The predicted molar refractivity (Wildman–Crippen MR) is 77.9 cm³/mol. The van der Waals surface area contributed by atoms with Gasteiger partial charge in [0.05, 0.1) is 0 Å². The minimum absolute atomic E-state index is 0.224. The summed E-state index contributed by atoms with van der Waals surface area (Å²) in [6.07, 6.45) is 1.08. The highest BCUT2D eigenvalue weighted by Crippen LogP contribution is 2.20. The summed E-state index contributed by atoms with van der Waals surface area (Å²) in [4.78, 5) is 16.8. The normalized spacial score (nSPS) is 24.3. The maximum atomic E-state index is 5.93. The molecule has 19 heavy (non-hydrogen) atoms. The van der Waals surface area contributed by atoms with Crippen LogP contribution in [0.25, 0.3) is 0 Å². The van der Waals surface area contributed by atoms with Crippen LogP contribution in [0.1, 0.15) is 13.3 Å². The molecule has 2 unspecified atom stereocenters. The summed E-state index contributed by atoms with van der Waals surface area (Å²) in [5.41, 5.74) is 0. The van der Waals surface area contributed by atoms with Crippen molar-refractivity contribution in [1.82, 2.24) is 19.9 Å². The number of hydrogen-bond donors (Lipinski definition) is 1. The van der Waals surface area contributed by atoms with Crippen LogP contribution >= 0.6 is 11.6 Å². The third-order valence-electron chi connectivity index (χ3n) is 3.42. The van der Waals surface area contributed by atoms with Gasteiger partial charge in [-0.05, 0) is 37.5 Å². The largest absolute Gasteiger partial charge is 0.351 e. The van der Waals surface area contributed by atoms with E-state index in [-0.39, 0.29) is 5.28 Å². The Hall–Kier alpha value is -1.14. The SMILES string of the molecule is CC1CN(C)CCC1Nc1nc(Cl)nc(N(C)C)n1. The number of likely N-dealkylation sites (tertiary alicyclic amines) is 1. The molecule has 7 heteroatoms. The van der Waals surface area contributed by atoms with E-state index in [0.29, 0.717) is 23.9 Å². The summed E-state index contributed by atoms with van der Waals surface area (Å²) in [6, 6.07) is 0.379. The van der Waals surface area contributed by atoms with E-state index in [1.54, 1.807) is 0 Å². The van der Waals surface area contributed by atoms with Gasteiger partial charge in [-0.25, -0.2) is 0 Å². The molecule has 0 aromatic carbocycles. The topological polar surface area (TPSA) is 57.2 Å². The van der Waals surface area contributed by atoms with E-state index in [1.807, 2.05) is 19.0 Å². The van der Waals surface area contributed by atoms with Gasteiger partial charge in [0.25, 0.3) is 0 Å². The molecule has 0 spiro atoms. The van der Waals surface area contributed by atoms with E-state index < -0.39 is 0 Å². The molecule has 1 saturated heterocycles. The minimum atomic E-state index is 0.224. The highest BCUT2D eigenvalue weighted by atomic mass is 35.5. The zero-order valence-corrected chi connectivity index (χ0v) is 12.6. The fourth-order valence-corrected chi connectivity index (χ4v) is 2.49. The van der Waals surface area contributed by atoms with Gasteiger partial charge in [-0.1, -0.05) is 6.92 Å². The van der Waals surface area contributed by atoms with Crippen molar-refractivity contribution in [3.05, 3.63) is 5.28 Å². The van der Waals surface area contributed by atoms with E-state index >= 15 is 0 Å². The molecule has 0 saturated carbocycles. The molecule has 1 aliphatic rings. The molecule has 1 N–H and O–H groups in total. The molecule has 6 nitrogen and oxygen atoms in total. The average molecular weight is 285 g/mol. The average Bonchev–Trinajstić information content (AvgIpc) is 2.32. The number of halogens is 1. The second kappa shape index (κ2) is 5.88. The van der Waals surface area contributed by atoms with Gasteiger partial charge in [0.15, 0.2) is 0 Å². The first kappa shape index (κ1) is 14.3. The van der Waals surface area contributed by atoms with Crippen LogP contribution in [-0.2, 0) is 0 Å². The summed E-state index contributed by atoms with van der Waals surface area (Å²) in [6.45, 7) is 4.40. The van der Waals surface area contributed by atoms with Crippen molar-refractivity contribution >= 4 is 23.5 Å². The fourth-order valence-electron chi connectivity index (χ4n) is 2.34. The molecule has 0 amide bonds. The van der Waals surface area contributed by atoms with Gasteiger partial charge in [0.1, 0.15) is 0 Å². The maximum Gasteiger partial charge on any atom is 0.230 e. The van der Waals surface area contributed by atoms with Crippen LogP contribution in [0.4, 0.5) is 11.9 Å². The summed E-state index contributed by atoms with van der Waals surface area (Å²) in [7, 11) is 5.91. The fraction of sp³-hybridized carbons (Fsp3) is 0.750. The van der Waals surface area contributed by atoms with Gasteiger partial charge in [-0.15, -0.1) is 0 Å². The van der Waals surface area contributed by atoms with Crippen LogP contribution in [-0.4, -0.2) is 60.1 Å². The molecule has 1 aromatic rings. The lowest BCUT2D eigenvalue weighted by Gasteiger charge is -2.35. The van der Waals surface area contributed by atoms with Crippen molar-refractivity contribution in [2.45, 2.75) is 19.4 Å². The van der Waals surface area contributed by atoms with Crippen LogP contribution in [0.3, 0.4) is 0 Å². The van der Waals surface area contributed by atoms with Crippen molar-refractivity contribution in [1.29, 1.82) is 0 Å². The third kappa shape index (κ3) is 3.67. The van der Waals surface area contributed by atoms with Gasteiger partial charge in [0.2, 0.25) is 17.2 Å². The molecule has 2 heterocycles. The van der Waals surface area contributed by atoms with Crippen LogP contribution in [0, 0.1) is 5.92 Å². The molecule has 0 aliphatic carbocycles. The molecule has 2 atom stereocenters. The van der Waals surface area contributed by atoms with Crippen molar-refractivity contribution < 1.29 is 0 Å². The van der Waals surface area contributed by atoms with Crippen molar-refractivity contribution in [3.8, 4) is 0 Å². The smallest absolute Gasteiger partial charge is 0.230 e. The molecular weight excluding hydrogens is 264 g/mol. The Labute approximate surface area is 119 Å². The first-order valence-electron chi connectivity index (χ1n) is 6.49. The zero-order chi connectivity index (χ0) is 14.0. The predicted octanol–water partition coefficient (Wildman–Crippen LogP) is 1.34. The molecule has 1 aliphatic heterocycles. The Balaban J connectivity index is 2.10. The first-order chi connectivity index (χ1) is 8.95. The van der Waals surface area contributed by atoms with E-state index in [4.69, 9.17) is 11.6 Å². The summed E-state index contributed by atoms with van der Waals surface area (Å²) in [5.74, 6) is 1.69. The molecular formula is C12H21ClN6. The Kier molecular flexibility index (Phi) is 4.42. The van der Waals surface area contributed by atoms with Gasteiger partial charge in [0, 0.05) is 26.7 Å². The molecule has 2 rings (SSSR count). The summed E-state index contributed by atoms with van der Waals surface area (Å²) >= 11 is 5.93. The second-order valence-corrected chi connectivity index (χ2v) is 5.74. The summed E-state index contributed by atoms with van der Waals surface area (Å²) < 4.78 is 0. The lowest BCUT2D eigenvalue weighted by molar-refractivity contribution is 0.206. The van der Waals surface area contributed by atoms with Crippen LogP contribution < -0.4 is 10.2 Å². The number of piperidine rings is 1. The van der Waals surface area contributed by atoms with Crippen LogP contribution in [0.15, 0.2) is 0 Å². The van der Waals surface area contributed by atoms with Crippen molar-refractivity contribution in [2.24, 2.45) is 5.92 Å². The van der Waals surface area contributed by atoms with Gasteiger partial charge < -0.3 is 15.1 Å². The number of nitrogens with one attached hydrogen (secondary N) is 1. The van der Waals surface area contributed by atoms with Crippen LogP contribution in [0.2, 0.25) is 5.28 Å². The minimum Gasteiger partial charge on any atom is -0.351 e. The van der Waals surface area contributed by atoms with E-state index in [0.717, 1.165) is 19.5 Å². The number of hydrogen-bond acceptors (Lipinski definition) is 6. The maximum absolute atomic E-state index is 5.93. The quantitative estimate of drug-likeness (QED) is 0.904. The van der Waals surface area contributed by atoms with Gasteiger partial charge in [-0.2, -0.15) is 15.0 Å². The number of anilines is 2. The lowest BCUT2D eigenvalue weighted by Crippen LogP contribution is -2.43. The molecule has 1 fully saturated rings. The number of aromatic nitrogens is 3. The Morgan fingerprint density at radius 3 is 2.68 bits per heavy atom. The summed E-state index contributed by atoms with van der Waals surface area (Å²) in [5, 5.41) is 3.61. The van der Waals surface area contributed by atoms with Crippen LogP contribution in [0.5, 0.6) is 0 Å². The second-order valence-electron chi connectivity index (χ2n) is 5.40. The van der Waals surface area contributed by atoms with E-state index in [1.165, 1.54) is 0 Å². The zero-order valence-electron chi connectivity index (χ0n) is 11.9. The Morgan fingerprint density at radius 1 is 1.32 bits per heavy atom. The van der Waals surface area contributed by atoms with E-state index in [2.05, 4.69) is 39.1 Å². The molecule has 1 aromatic heterocycles. The Morgan fingerprint density at radius 2 is 2.05 bits per heavy atom. The van der Waals surface area contributed by atoms with Gasteiger partial charge >= 0.3 is 0 Å². The number of rotatable bonds is 3. The molecule has 0 bridgehead atoms. The van der Waals surface area contributed by atoms with Crippen molar-refractivity contribution in [3.63, 3.8) is 0 Å². The van der Waals surface area contributed by atoms with Crippen molar-refractivity contribution in [2.75, 3.05) is 44.4 Å². The van der Waals surface area contributed by atoms with Gasteiger partial charge in [-0.3, -0.25) is 0 Å². The number of nitrogens with zero attached hydrogens (tertiary/aromatic N) is 5. The monoisotopic (exact) mass is 284 g/mol. The lowest BCUT2D eigenvalue weighted by atomic mass is 9.94. The highest BCUT2D eigenvalue weighted by molar-refractivity contribution is 6.28. The molecule has 106 valence electrons. The molecule has 0 radical (unpaired) electrons. The first-order valence-corrected chi connectivity index (χ1v) is 6.87. The standard InChI is InChI=1S/C12H21ClN6/c1-8-7-19(4)6-5-9(8)14-11-15-10(13)16-12(17-11)18(2)3/h8-9H,5-7H2,1-4H3,(H,14,15,16,17). The Bertz CT molecular complexity index is 438.